The van der Waals surface area contributed by atoms with Gasteiger partial charge in [-0.05, 0) is 65.8 Å². The molecule has 3 amide bonds. The van der Waals surface area contributed by atoms with Gasteiger partial charge in [-0.1, -0.05) is 74.6 Å². The van der Waals surface area contributed by atoms with Crippen molar-refractivity contribution in [2.75, 3.05) is 29.9 Å². The lowest BCUT2D eigenvalue weighted by Gasteiger charge is -2.27. The van der Waals surface area contributed by atoms with Crippen LogP contribution in [0.1, 0.15) is 44.1 Å². The summed E-state index contributed by atoms with van der Waals surface area (Å²) in [5, 5.41) is 8.87. The van der Waals surface area contributed by atoms with Gasteiger partial charge in [0.2, 0.25) is 5.91 Å². The van der Waals surface area contributed by atoms with Gasteiger partial charge in [0.05, 0.1) is 0 Å². The summed E-state index contributed by atoms with van der Waals surface area (Å²) >= 11 is 0. The number of rotatable bonds is 9. The monoisotopic (exact) mass is 528 g/mol. The minimum atomic E-state index is -0.600. The number of amides is 3. The van der Waals surface area contributed by atoms with Gasteiger partial charge in [-0.15, -0.1) is 0 Å². The third kappa shape index (κ3) is 7.16. The van der Waals surface area contributed by atoms with E-state index in [9.17, 15) is 14.0 Å². The fraction of sp³-hybridized carbons (Fsp3) is 0.375. The summed E-state index contributed by atoms with van der Waals surface area (Å²) in [5.74, 6) is 0.0555. The lowest BCUT2D eigenvalue weighted by atomic mass is 9.84. The van der Waals surface area contributed by atoms with Gasteiger partial charge in [0.1, 0.15) is 11.9 Å². The second kappa shape index (κ2) is 12.8. The molecule has 5 rings (SSSR count). The van der Waals surface area contributed by atoms with Gasteiger partial charge in [0.15, 0.2) is 0 Å². The van der Waals surface area contributed by atoms with Crippen LogP contribution in [0.15, 0.2) is 72.8 Å². The number of halogens is 1. The maximum Gasteiger partial charge on any atom is 0.319 e. The van der Waals surface area contributed by atoms with E-state index >= 15 is 0 Å². The first kappa shape index (κ1) is 26.7. The number of benzene rings is 3. The molecule has 1 heterocycles. The molecule has 0 radical (unpaired) electrons. The Labute approximate surface area is 230 Å². The molecule has 0 saturated heterocycles. The molecule has 2 aliphatic rings. The van der Waals surface area contributed by atoms with E-state index in [1.165, 1.54) is 25.3 Å². The van der Waals surface area contributed by atoms with Gasteiger partial charge in [-0.3, -0.25) is 4.79 Å². The summed E-state index contributed by atoms with van der Waals surface area (Å²) in [6, 6.07) is 21.7. The Hall–Kier alpha value is -3.87. The summed E-state index contributed by atoms with van der Waals surface area (Å²) in [6.07, 6.45) is 7.21. The van der Waals surface area contributed by atoms with Crippen LogP contribution in [0.5, 0.6) is 0 Å². The Bertz CT molecular complexity index is 1260. The van der Waals surface area contributed by atoms with E-state index in [1.54, 1.807) is 6.07 Å². The van der Waals surface area contributed by atoms with Crippen molar-refractivity contribution in [3.05, 3.63) is 84.2 Å². The molecule has 0 spiro atoms. The zero-order chi connectivity index (χ0) is 27.0. The number of hydrogen-bond donors (Lipinski definition) is 3. The molecule has 204 valence electrons. The predicted octanol–water partition coefficient (Wildman–Crippen LogP) is 6.13. The van der Waals surface area contributed by atoms with Crippen LogP contribution in [-0.4, -0.2) is 37.6 Å². The Morgan fingerprint density at radius 3 is 2.44 bits per heavy atom. The predicted molar refractivity (Wildman–Crippen MR) is 154 cm³/mol. The van der Waals surface area contributed by atoms with E-state index in [2.05, 4.69) is 20.9 Å². The van der Waals surface area contributed by atoms with Crippen molar-refractivity contribution >= 4 is 23.3 Å². The van der Waals surface area contributed by atoms with Crippen LogP contribution in [-0.2, 0) is 11.2 Å². The molecular formula is C32H37FN4O2. The summed E-state index contributed by atoms with van der Waals surface area (Å²) in [7, 11) is 0. The maximum atomic E-state index is 13.5. The van der Waals surface area contributed by atoms with Gasteiger partial charge in [0.25, 0.3) is 0 Å². The van der Waals surface area contributed by atoms with Crippen LogP contribution >= 0.6 is 0 Å². The van der Waals surface area contributed by atoms with Crippen molar-refractivity contribution < 1.29 is 14.0 Å². The number of urea groups is 1. The second-order valence-electron chi connectivity index (χ2n) is 10.6. The lowest BCUT2D eigenvalue weighted by molar-refractivity contribution is -0.123. The second-order valence-corrected chi connectivity index (χ2v) is 10.6. The van der Waals surface area contributed by atoms with Crippen LogP contribution in [0.3, 0.4) is 0 Å². The van der Waals surface area contributed by atoms with Crippen molar-refractivity contribution in [2.24, 2.45) is 5.92 Å². The third-order valence-electron chi connectivity index (χ3n) is 7.88. The Kier molecular flexibility index (Phi) is 8.76. The largest absolute Gasteiger partial charge is 0.369 e. The molecule has 3 N–H and O–H groups in total. The molecule has 7 heteroatoms. The number of nitrogens with zero attached hydrogens (tertiary/aromatic N) is 1. The minimum Gasteiger partial charge on any atom is -0.369 e. The van der Waals surface area contributed by atoms with E-state index in [0.29, 0.717) is 31.1 Å². The zero-order valence-electron chi connectivity index (χ0n) is 22.3. The highest BCUT2D eigenvalue weighted by Crippen LogP contribution is 2.29. The van der Waals surface area contributed by atoms with E-state index in [4.69, 9.17) is 0 Å². The molecule has 3 aromatic carbocycles. The molecule has 0 aromatic heterocycles. The number of nitrogens with one attached hydrogen (secondary N) is 3. The van der Waals surface area contributed by atoms with Gasteiger partial charge < -0.3 is 20.9 Å². The minimum absolute atomic E-state index is 0.159. The number of carbonyl (C=O) groups is 2. The fourth-order valence-corrected chi connectivity index (χ4v) is 5.80. The molecule has 1 fully saturated rings. The molecule has 0 unspecified atom stereocenters. The molecule has 3 aromatic rings. The normalized spacial score (nSPS) is 15.9. The highest BCUT2D eigenvalue weighted by atomic mass is 19.1. The first-order chi connectivity index (χ1) is 19.0. The average molecular weight is 529 g/mol. The Morgan fingerprint density at radius 2 is 1.67 bits per heavy atom. The Morgan fingerprint density at radius 1 is 0.923 bits per heavy atom. The summed E-state index contributed by atoms with van der Waals surface area (Å²) < 4.78 is 13.5. The lowest BCUT2D eigenvalue weighted by Crippen LogP contribution is -2.50. The fourth-order valence-electron chi connectivity index (χ4n) is 5.80. The highest BCUT2D eigenvalue weighted by Gasteiger charge is 2.26. The topological polar surface area (TPSA) is 73.5 Å². The maximum absolute atomic E-state index is 13.5. The molecule has 1 atom stereocenters. The first-order valence-electron chi connectivity index (χ1n) is 14.1. The van der Waals surface area contributed by atoms with Crippen molar-refractivity contribution in [1.29, 1.82) is 0 Å². The zero-order valence-corrected chi connectivity index (χ0v) is 22.3. The number of carbonyl (C=O) groups excluding carboxylic acids is 2. The van der Waals surface area contributed by atoms with Crippen LogP contribution in [0, 0.1) is 11.7 Å². The molecule has 1 aliphatic heterocycles. The molecule has 1 saturated carbocycles. The van der Waals surface area contributed by atoms with E-state index in [0.717, 1.165) is 48.2 Å². The molecule has 0 bridgehead atoms. The Balaban J connectivity index is 1.17. The first-order valence-corrected chi connectivity index (χ1v) is 14.1. The highest BCUT2D eigenvalue weighted by molar-refractivity contribution is 5.94. The standard InChI is InChI=1S/C32H37FN4O2/c33-27-13-16-30-26(22-27)17-19-37(30)20-18-34-31(38)29(21-23-7-3-1-4-8-23)36-32(39)35-28-14-11-25(12-15-28)24-9-5-2-6-10-24/h2,5-6,9-16,22-23,29H,1,3-4,7-8,17-21H2,(H,34,38)(H2,35,36,39)/t29-/m0/s1. The van der Waals surface area contributed by atoms with Gasteiger partial charge in [-0.2, -0.15) is 0 Å². The van der Waals surface area contributed by atoms with Crippen LogP contribution < -0.4 is 20.9 Å². The van der Waals surface area contributed by atoms with Crippen molar-refractivity contribution in [3.63, 3.8) is 0 Å². The van der Waals surface area contributed by atoms with Crippen LogP contribution in [0.4, 0.5) is 20.6 Å². The van der Waals surface area contributed by atoms with E-state index in [1.807, 2.05) is 60.7 Å². The SMILES string of the molecule is O=C(Nc1ccc(-c2ccccc2)cc1)N[C@@H](CC1CCCCC1)C(=O)NCCN1CCc2cc(F)ccc21. The molecule has 6 nitrogen and oxygen atoms in total. The van der Waals surface area contributed by atoms with Crippen molar-refractivity contribution in [1.82, 2.24) is 10.6 Å². The number of hydrogen-bond acceptors (Lipinski definition) is 3. The molecule has 1 aliphatic carbocycles. The van der Waals surface area contributed by atoms with Gasteiger partial charge in [-0.25, -0.2) is 9.18 Å². The smallest absolute Gasteiger partial charge is 0.319 e. The van der Waals surface area contributed by atoms with Gasteiger partial charge >= 0.3 is 6.03 Å². The van der Waals surface area contributed by atoms with E-state index in [-0.39, 0.29) is 17.8 Å². The van der Waals surface area contributed by atoms with Crippen molar-refractivity contribution in [3.8, 4) is 11.1 Å². The van der Waals surface area contributed by atoms with Crippen molar-refractivity contribution in [2.45, 2.75) is 51.0 Å². The number of fused-ring (bicyclic) bond motifs is 1. The average Bonchev–Trinajstić information content (AvgIpc) is 3.36. The quantitative estimate of drug-likeness (QED) is 0.313. The summed E-state index contributed by atoms with van der Waals surface area (Å²) in [4.78, 5) is 28.4. The number of anilines is 2. The summed E-state index contributed by atoms with van der Waals surface area (Å²) in [5.41, 5.74) is 4.89. The van der Waals surface area contributed by atoms with Gasteiger partial charge in [0, 0.05) is 31.0 Å². The third-order valence-corrected chi connectivity index (χ3v) is 7.88. The summed E-state index contributed by atoms with van der Waals surface area (Å²) in [6.45, 7) is 1.91. The molecule has 39 heavy (non-hydrogen) atoms. The molecular weight excluding hydrogens is 491 g/mol. The van der Waals surface area contributed by atoms with Crippen LogP contribution in [0.25, 0.3) is 11.1 Å². The van der Waals surface area contributed by atoms with E-state index < -0.39 is 6.04 Å². The van der Waals surface area contributed by atoms with Crippen LogP contribution in [0.2, 0.25) is 0 Å².